The van der Waals surface area contributed by atoms with Gasteiger partial charge < -0.3 is 5.32 Å². The Hall–Kier alpha value is -2.09. The number of carbonyl (C=O) groups is 1. The van der Waals surface area contributed by atoms with Crippen molar-refractivity contribution in [1.82, 2.24) is 5.32 Å². The fourth-order valence-corrected chi connectivity index (χ4v) is 2.22. The van der Waals surface area contributed by atoms with Gasteiger partial charge in [0.1, 0.15) is 0 Å². The molecule has 0 fully saturated rings. The van der Waals surface area contributed by atoms with Gasteiger partial charge in [-0.3, -0.25) is 4.79 Å². The summed E-state index contributed by atoms with van der Waals surface area (Å²) in [7, 11) is 0. The van der Waals surface area contributed by atoms with Crippen LogP contribution >= 0.6 is 0 Å². The number of hydrogen-bond donors (Lipinski definition) is 1. The number of amides is 1. The zero-order chi connectivity index (χ0) is 13.8. The van der Waals surface area contributed by atoms with E-state index in [1.807, 2.05) is 39.0 Å². The average Bonchev–Trinajstić information content (AvgIpc) is 2.36. The van der Waals surface area contributed by atoms with E-state index in [4.69, 9.17) is 0 Å². The van der Waals surface area contributed by atoms with E-state index in [1.165, 1.54) is 10.8 Å². The Balaban J connectivity index is 2.29. The number of rotatable bonds is 3. The third-order valence-electron chi connectivity index (χ3n) is 3.07. The first-order valence-electron chi connectivity index (χ1n) is 6.51. The van der Waals surface area contributed by atoms with Crippen LogP contribution in [0.4, 0.5) is 0 Å². The minimum Gasteiger partial charge on any atom is -0.346 e. The first-order chi connectivity index (χ1) is 9.08. The van der Waals surface area contributed by atoms with Gasteiger partial charge >= 0.3 is 0 Å². The Morgan fingerprint density at radius 2 is 1.79 bits per heavy atom. The lowest BCUT2D eigenvalue weighted by Crippen LogP contribution is -2.25. The molecular formula is C17H19NO. The van der Waals surface area contributed by atoms with Gasteiger partial charge in [-0.15, -0.1) is 0 Å². The summed E-state index contributed by atoms with van der Waals surface area (Å²) < 4.78 is 0. The van der Waals surface area contributed by atoms with Gasteiger partial charge in [-0.05, 0) is 37.1 Å². The molecule has 1 N–H and O–H groups in total. The molecule has 19 heavy (non-hydrogen) atoms. The van der Waals surface area contributed by atoms with Gasteiger partial charge in [-0.2, -0.15) is 0 Å². The van der Waals surface area contributed by atoms with E-state index in [2.05, 4.69) is 29.6 Å². The third-order valence-corrected chi connectivity index (χ3v) is 3.07. The van der Waals surface area contributed by atoms with Crippen molar-refractivity contribution in [3.8, 4) is 0 Å². The van der Waals surface area contributed by atoms with Crippen LogP contribution in [0.5, 0.6) is 0 Å². The number of allylic oxidation sites excluding steroid dienone is 1. The molecule has 2 aromatic rings. The molecule has 2 rings (SSSR count). The van der Waals surface area contributed by atoms with Gasteiger partial charge in [0.2, 0.25) is 5.91 Å². The summed E-state index contributed by atoms with van der Waals surface area (Å²) in [4.78, 5) is 11.8. The van der Waals surface area contributed by atoms with Crippen LogP contribution in [0.15, 0.2) is 54.1 Å². The van der Waals surface area contributed by atoms with E-state index in [0.29, 0.717) is 0 Å². The number of carbonyl (C=O) groups excluding carboxylic acids is 1. The van der Waals surface area contributed by atoms with Crippen molar-refractivity contribution in [3.63, 3.8) is 0 Å². The highest BCUT2D eigenvalue weighted by atomic mass is 16.1. The molecule has 2 nitrogen and oxygen atoms in total. The van der Waals surface area contributed by atoms with E-state index < -0.39 is 0 Å². The Kier molecular flexibility index (Phi) is 4.00. The topological polar surface area (TPSA) is 29.1 Å². The molecule has 1 amide bonds. The molecule has 0 heterocycles. The van der Waals surface area contributed by atoms with Crippen LogP contribution in [0.1, 0.15) is 32.4 Å². The second-order valence-electron chi connectivity index (χ2n) is 5.02. The fourth-order valence-electron chi connectivity index (χ4n) is 2.22. The summed E-state index contributed by atoms with van der Waals surface area (Å²) in [5.41, 5.74) is 2.15. The molecule has 0 aromatic heterocycles. The normalized spacial score (nSPS) is 11.9. The zero-order valence-corrected chi connectivity index (χ0v) is 11.6. The van der Waals surface area contributed by atoms with Crippen molar-refractivity contribution in [2.45, 2.75) is 26.8 Å². The van der Waals surface area contributed by atoms with Crippen molar-refractivity contribution in [2.75, 3.05) is 0 Å². The average molecular weight is 253 g/mol. The van der Waals surface area contributed by atoms with Gasteiger partial charge in [0.05, 0.1) is 6.04 Å². The van der Waals surface area contributed by atoms with Crippen LogP contribution in [0.2, 0.25) is 0 Å². The van der Waals surface area contributed by atoms with Gasteiger partial charge in [0.15, 0.2) is 0 Å². The van der Waals surface area contributed by atoms with E-state index in [0.717, 1.165) is 11.1 Å². The highest BCUT2D eigenvalue weighted by molar-refractivity contribution is 5.90. The number of hydrogen-bond acceptors (Lipinski definition) is 1. The zero-order valence-electron chi connectivity index (χ0n) is 11.6. The lowest BCUT2D eigenvalue weighted by Gasteiger charge is -2.15. The molecule has 0 aliphatic carbocycles. The Morgan fingerprint density at radius 1 is 1.11 bits per heavy atom. The highest BCUT2D eigenvalue weighted by Crippen LogP contribution is 2.23. The molecule has 0 aliphatic heterocycles. The van der Waals surface area contributed by atoms with Gasteiger partial charge in [-0.1, -0.05) is 48.0 Å². The summed E-state index contributed by atoms with van der Waals surface area (Å²) in [5, 5.41) is 5.39. The smallest absolute Gasteiger partial charge is 0.244 e. The summed E-state index contributed by atoms with van der Waals surface area (Å²) >= 11 is 0. The predicted molar refractivity (Wildman–Crippen MR) is 79.9 cm³/mol. The first kappa shape index (κ1) is 13.3. The van der Waals surface area contributed by atoms with Crippen molar-refractivity contribution in [3.05, 3.63) is 59.7 Å². The van der Waals surface area contributed by atoms with Crippen LogP contribution in [0.3, 0.4) is 0 Å². The lowest BCUT2D eigenvalue weighted by atomic mass is 10.00. The monoisotopic (exact) mass is 253 g/mol. The van der Waals surface area contributed by atoms with Crippen LogP contribution in [0.25, 0.3) is 10.8 Å². The molecule has 2 aromatic carbocycles. The van der Waals surface area contributed by atoms with Crippen LogP contribution < -0.4 is 5.32 Å². The van der Waals surface area contributed by atoms with Crippen molar-refractivity contribution in [1.29, 1.82) is 0 Å². The molecule has 1 unspecified atom stereocenters. The van der Waals surface area contributed by atoms with Crippen LogP contribution in [0, 0.1) is 0 Å². The second kappa shape index (κ2) is 5.70. The Morgan fingerprint density at radius 3 is 2.53 bits per heavy atom. The number of nitrogens with one attached hydrogen (secondary N) is 1. The van der Waals surface area contributed by atoms with Crippen molar-refractivity contribution in [2.24, 2.45) is 0 Å². The van der Waals surface area contributed by atoms with Gasteiger partial charge in [0, 0.05) is 6.08 Å². The molecule has 0 saturated carbocycles. The van der Waals surface area contributed by atoms with Crippen LogP contribution in [-0.4, -0.2) is 5.91 Å². The molecule has 98 valence electrons. The lowest BCUT2D eigenvalue weighted by molar-refractivity contribution is -0.117. The molecule has 0 spiro atoms. The maximum Gasteiger partial charge on any atom is 0.244 e. The van der Waals surface area contributed by atoms with E-state index in [9.17, 15) is 4.79 Å². The molecule has 0 saturated heterocycles. The second-order valence-corrected chi connectivity index (χ2v) is 5.02. The molecule has 1 atom stereocenters. The molecule has 0 bridgehead atoms. The maximum absolute atomic E-state index is 11.8. The van der Waals surface area contributed by atoms with E-state index in [1.54, 1.807) is 6.08 Å². The standard InChI is InChI=1S/C17H19NO/c1-12(2)11-17(19)18-13(3)15-10-6-8-14-7-4-5-9-16(14)15/h4-11,13H,1-3H3,(H,18,19). The molecule has 2 heteroatoms. The van der Waals surface area contributed by atoms with Crippen LogP contribution in [-0.2, 0) is 4.79 Å². The number of fused-ring (bicyclic) bond motifs is 1. The van der Waals surface area contributed by atoms with Gasteiger partial charge in [-0.25, -0.2) is 0 Å². The predicted octanol–water partition coefficient (Wildman–Crippen LogP) is 3.98. The largest absolute Gasteiger partial charge is 0.346 e. The fraction of sp³-hybridized carbons (Fsp3) is 0.235. The van der Waals surface area contributed by atoms with Gasteiger partial charge in [0.25, 0.3) is 0 Å². The maximum atomic E-state index is 11.8. The summed E-state index contributed by atoms with van der Waals surface area (Å²) in [6, 6.07) is 14.4. The molecular weight excluding hydrogens is 234 g/mol. The summed E-state index contributed by atoms with van der Waals surface area (Å²) in [6.07, 6.45) is 1.63. The Labute approximate surface area is 114 Å². The summed E-state index contributed by atoms with van der Waals surface area (Å²) in [6.45, 7) is 5.85. The highest BCUT2D eigenvalue weighted by Gasteiger charge is 2.10. The summed E-state index contributed by atoms with van der Waals surface area (Å²) in [5.74, 6) is -0.0413. The third kappa shape index (κ3) is 3.22. The minimum atomic E-state index is -0.0413. The van der Waals surface area contributed by atoms with E-state index >= 15 is 0 Å². The minimum absolute atomic E-state index is 0.00537. The van der Waals surface area contributed by atoms with E-state index in [-0.39, 0.29) is 11.9 Å². The number of benzene rings is 2. The Bertz CT molecular complexity index is 619. The quantitative estimate of drug-likeness (QED) is 0.823. The molecule has 0 aliphatic rings. The van der Waals surface area contributed by atoms with Crippen molar-refractivity contribution < 1.29 is 4.79 Å². The van der Waals surface area contributed by atoms with Crippen molar-refractivity contribution >= 4 is 16.7 Å². The molecule has 0 radical (unpaired) electrons. The first-order valence-corrected chi connectivity index (χ1v) is 6.51. The SMILES string of the molecule is CC(C)=CC(=O)NC(C)c1cccc2ccccc12.